The fourth-order valence-corrected chi connectivity index (χ4v) is 3.75. The zero-order chi connectivity index (χ0) is 22.4. The molecule has 0 aliphatic rings. The van der Waals surface area contributed by atoms with E-state index in [1.54, 1.807) is 12.1 Å². The molecule has 32 heavy (non-hydrogen) atoms. The Morgan fingerprint density at radius 2 is 2.00 bits per heavy atom. The highest BCUT2D eigenvalue weighted by atomic mass is 35.5. The van der Waals surface area contributed by atoms with Crippen molar-refractivity contribution in [1.29, 1.82) is 0 Å². The average molecular weight is 450 g/mol. The summed E-state index contributed by atoms with van der Waals surface area (Å²) in [5.41, 5.74) is 2.55. The lowest BCUT2D eigenvalue weighted by molar-refractivity contribution is 0.629. The van der Waals surface area contributed by atoms with Crippen molar-refractivity contribution in [2.45, 2.75) is 19.9 Å². The Morgan fingerprint density at radius 1 is 1.16 bits per heavy atom. The van der Waals surface area contributed by atoms with Gasteiger partial charge in [-0.05, 0) is 49.7 Å². The lowest BCUT2D eigenvalue weighted by atomic mass is 10.1. The zero-order valence-corrected chi connectivity index (χ0v) is 17.9. The normalized spacial score (nSPS) is 12.4. The maximum atomic E-state index is 13.9. The number of anilines is 1. The van der Waals surface area contributed by atoms with Crippen LogP contribution in [0.3, 0.4) is 0 Å². The molecule has 160 valence electrons. The third-order valence-corrected chi connectivity index (χ3v) is 5.64. The molecule has 0 saturated heterocycles. The zero-order valence-electron chi connectivity index (χ0n) is 17.1. The molecule has 3 aromatic heterocycles. The molecule has 0 spiro atoms. The van der Waals surface area contributed by atoms with E-state index in [4.69, 9.17) is 16.6 Å². The van der Waals surface area contributed by atoms with E-state index in [9.17, 15) is 9.18 Å². The molecule has 5 rings (SSSR count). The van der Waals surface area contributed by atoms with Crippen molar-refractivity contribution in [3.05, 3.63) is 81.6 Å². The number of aromatic amines is 1. The molecule has 2 N–H and O–H groups in total. The van der Waals surface area contributed by atoms with Gasteiger partial charge in [-0.15, -0.1) is 0 Å². The Morgan fingerprint density at radius 3 is 2.81 bits per heavy atom. The van der Waals surface area contributed by atoms with E-state index < -0.39 is 17.4 Å². The molecule has 8 nitrogen and oxygen atoms in total. The largest absolute Gasteiger partial charge is 0.358 e. The number of imidazole rings is 1. The highest BCUT2D eigenvalue weighted by molar-refractivity contribution is 6.31. The maximum Gasteiger partial charge on any atom is 0.266 e. The quantitative estimate of drug-likeness (QED) is 0.423. The van der Waals surface area contributed by atoms with Gasteiger partial charge in [0, 0.05) is 5.02 Å². The molecule has 1 unspecified atom stereocenters. The van der Waals surface area contributed by atoms with E-state index in [1.165, 1.54) is 35.4 Å². The number of benzene rings is 2. The minimum atomic E-state index is -0.508. The van der Waals surface area contributed by atoms with Gasteiger partial charge < -0.3 is 10.3 Å². The predicted molar refractivity (Wildman–Crippen MR) is 121 cm³/mol. The molecule has 2 aromatic carbocycles. The number of hydrogen-bond donors (Lipinski definition) is 2. The summed E-state index contributed by atoms with van der Waals surface area (Å²) >= 11 is 6.33. The SMILES string of the molecule is Cc1ccc(-n2c(C(C)Nc3ncnc4nc[nH]c34)nc3ccc(F)cc3c2=O)cc1Cl. The number of fused-ring (bicyclic) bond motifs is 2. The van der Waals surface area contributed by atoms with Crippen LogP contribution in [-0.2, 0) is 0 Å². The third-order valence-electron chi connectivity index (χ3n) is 5.23. The van der Waals surface area contributed by atoms with Gasteiger partial charge in [0.2, 0.25) is 0 Å². The van der Waals surface area contributed by atoms with Crippen molar-refractivity contribution in [3.63, 3.8) is 0 Å². The Balaban J connectivity index is 1.71. The number of aromatic nitrogens is 6. The van der Waals surface area contributed by atoms with Crippen molar-refractivity contribution < 1.29 is 4.39 Å². The first-order valence-corrected chi connectivity index (χ1v) is 10.2. The molecule has 5 aromatic rings. The first-order valence-electron chi connectivity index (χ1n) is 9.81. The second-order valence-electron chi connectivity index (χ2n) is 7.39. The minimum Gasteiger partial charge on any atom is -0.358 e. The molecule has 1 atom stereocenters. The summed E-state index contributed by atoms with van der Waals surface area (Å²) in [6, 6.07) is 8.80. The van der Waals surface area contributed by atoms with E-state index in [0.717, 1.165) is 5.56 Å². The van der Waals surface area contributed by atoms with E-state index in [1.807, 2.05) is 19.9 Å². The van der Waals surface area contributed by atoms with Gasteiger partial charge in [-0.2, -0.15) is 0 Å². The third kappa shape index (κ3) is 3.36. The topological polar surface area (TPSA) is 101 Å². The molecule has 0 bridgehead atoms. The smallest absolute Gasteiger partial charge is 0.266 e. The van der Waals surface area contributed by atoms with Crippen LogP contribution in [0.2, 0.25) is 5.02 Å². The van der Waals surface area contributed by atoms with Gasteiger partial charge in [0.15, 0.2) is 11.5 Å². The number of H-pyrrole nitrogens is 1. The summed E-state index contributed by atoms with van der Waals surface area (Å²) < 4.78 is 15.3. The van der Waals surface area contributed by atoms with E-state index in [-0.39, 0.29) is 5.39 Å². The van der Waals surface area contributed by atoms with Crippen LogP contribution in [0.15, 0.2) is 53.8 Å². The summed E-state index contributed by atoms with van der Waals surface area (Å²) in [7, 11) is 0. The highest BCUT2D eigenvalue weighted by Gasteiger charge is 2.20. The van der Waals surface area contributed by atoms with Crippen LogP contribution < -0.4 is 10.9 Å². The van der Waals surface area contributed by atoms with Gasteiger partial charge in [-0.1, -0.05) is 17.7 Å². The molecule has 0 aliphatic carbocycles. The van der Waals surface area contributed by atoms with E-state index in [0.29, 0.717) is 39.0 Å². The van der Waals surface area contributed by atoms with Crippen molar-refractivity contribution in [2.24, 2.45) is 0 Å². The molecule has 0 radical (unpaired) electrons. The first kappa shape index (κ1) is 20.1. The van der Waals surface area contributed by atoms with E-state index in [2.05, 4.69) is 25.3 Å². The number of rotatable bonds is 4. The maximum absolute atomic E-state index is 13.9. The first-order chi connectivity index (χ1) is 15.4. The van der Waals surface area contributed by atoms with Gasteiger partial charge in [0.1, 0.15) is 23.5 Å². The molecular weight excluding hydrogens is 433 g/mol. The molecular formula is C22H17ClFN7O. The number of halogens is 2. The number of nitrogens with one attached hydrogen (secondary N) is 2. The summed E-state index contributed by atoms with van der Waals surface area (Å²) in [4.78, 5) is 33.7. The molecule has 10 heteroatoms. The van der Waals surface area contributed by atoms with Gasteiger partial charge in [0.05, 0.1) is 29.0 Å². The second kappa shape index (κ2) is 7.69. The Bertz CT molecular complexity index is 1550. The average Bonchev–Trinajstić information content (AvgIpc) is 3.26. The minimum absolute atomic E-state index is 0.177. The summed E-state index contributed by atoms with van der Waals surface area (Å²) in [6.07, 6.45) is 2.93. The van der Waals surface area contributed by atoms with Crippen molar-refractivity contribution in [2.75, 3.05) is 5.32 Å². The molecule has 3 heterocycles. The lowest BCUT2D eigenvalue weighted by Crippen LogP contribution is -2.27. The van der Waals surface area contributed by atoms with Crippen molar-refractivity contribution >= 4 is 39.5 Å². The van der Waals surface area contributed by atoms with Crippen LogP contribution in [0.4, 0.5) is 10.2 Å². The predicted octanol–water partition coefficient (Wildman–Crippen LogP) is 4.33. The van der Waals surface area contributed by atoms with Gasteiger partial charge >= 0.3 is 0 Å². The molecule has 0 aliphatic heterocycles. The van der Waals surface area contributed by atoms with Crippen LogP contribution in [-0.4, -0.2) is 29.5 Å². The van der Waals surface area contributed by atoms with Crippen LogP contribution in [0.25, 0.3) is 27.8 Å². The van der Waals surface area contributed by atoms with Crippen LogP contribution in [0, 0.1) is 12.7 Å². The summed E-state index contributed by atoms with van der Waals surface area (Å²) in [5.74, 6) is 0.425. The monoisotopic (exact) mass is 449 g/mol. The summed E-state index contributed by atoms with van der Waals surface area (Å²) in [6.45, 7) is 3.73. The fraction of sp³-hybridized carbons (Fsp3) is 0.136. The molecule has 0 saturated carbocycles. The summed E-state index contributed by atoms with van der Waals surface area (Å²) in [5, 5.41) is 3.96. The number of nitrogens with zero attached hydrogens (tertiary/aromatic N) is 5. The molecule has 0 amide bonds. The Hall–Kier alpha value is -3.85. The van der Waals surface area contributed by atoms with Crippen LogP contribution >= 0.6 is 11.6 Å². The number of aryl methyl sites for hydroxylation is 1. The van der Waals surface area contributed by atoms with Crippen molar-refractivity contribution in [1.82, 2.24) is 29.5 Å². The molecule has 0 fully saturated rings. The number of hydrogen-bond acceptors (Lipinski definition) is 6. The van der Waals surface area contributed by atoms with Crippen molar-refractivity contribution in [3.8, 4) is 5.69 Å². The Labute approximate surface area is 186 Å². The van der Waals surface area contributed by atoms with Gasteiger partial charge in [-0.3, -0.25) is 9.36 Å². The lowest BCUT2D eigenvalue weighted by Gasteiger charge is -2.20. The fourth-order valence-electron chi connectivity index (χ4n) is 3.58. The highest BCUT2D eigenvalue weighted by Crippen LogP contribution is 2.25. The van der Waals surface area contributed by atoms with Crippen LogP contribution in [0.5, 0.6) is 0 Å². The van der Waals surface area contributed by atoms with E-state index >= 15 is 0 Å². The van der Waals surface area contributed by atoms with Gasteiger partial charge in [-0.25, -0.2) is 24.3 Å². The van der Waals surface area contributed by atoms with Gasteiger partial charge in [0.25, 0.3) is 5.56 Å². The second-order valence-corrected chi connectivity index (χ2v) is 7.80. The van der Waals surface area contributed by atoms with Crippen LogP contribution in [0.1, 0.15) is 24.4 Å². The standard InChI is InChI=1S/C22H17ClFN7O/c1-11-3-5-14(8-16(11)23)31-21(30-17-6-4-13(24)7-15(17)22(31)32)12(2)29-20-18-19(26-9-25-18)27-10-28-20/h3-10,12H,1-2H3,(H2,25,26,27,28,29). The Kier molecular flexibility index (Phi) is 4.82.